The average Bonchev–Trinajstić information content (AvgIpc) is 2.72. The van der Waals surface area contributed by atoms with Crippen LogP contribution in [-0.2, 0) is 20.8 Å². The molecule has 0 spiro atoms. The lowest BCUT2D eigenvalue weighted by Gasteiger charge is -2.03. The molecule has 0 radical (unpaired) electrons. The maximum absolute atomic E-state index is 10.8. The fourth-order valence-electron chi connectivity index (χ4n) is 1.73. The molecule has 1 heterocycles. The van der Waals surface area contributed by atoms with E-state index in [2.05, 4.69) is 30.4 Å². The molecule has 8 heteroatoms. The molecule has 6 nitrogen and oxygen atoms in total. The van der Waals surface area contributed by atoms with Gasteiger partial charge in [-0.25, -0.2) is 4.68 Å². The summed E-state index contributed by atoms with van der Waals surface area (Å²) in [5.74, 6) is 0. The standard InChI is InChI=1S/C11H14BrN3O3S/c1-8-9(12)4-5-10-11(8)13-14-15(10)6-3-7-18-19(2,16)17/h4-5H,3,6-7H2,1-2H3. The number of fused-ring (bicyclic) bond motifs is 1. The third-order valence-corrected chi connectivity index (χ3v) is 4.14. The SMILES string of the molecule is Cc1c(Br)ccc2c1nnn2CCCOS(C)(=O)=O. The lowest BCUT2D eigenvalue weighted by molar-refractivity contribution is 0.304. The number of hydrogen-bond donors (Lipinski definition) is 0. The Labute approximate surface area is 120 Å². The Morgan fingerprint density at radius 1 is 1.42 bits per heavy atom. The van der Waals surface area contributed by atoms with Gasteiger partial charge in [-0.1, -0.05) is 21.1 Å². The highest BCUT2D eigenvalue weighted by Gasteiger charge is 2.09. The topological polar surface area (TPSA) is 74.1 Å². The summed E-state index contributed by atoms with van der Waals surface area (Å²) in [5.41, 5.74) is 2.81. The lowest BCUT2D eigenvalue weighted by Crippen LogP contribution is -2.08. The van der Waals surface area contributed by atoms with Gasteiger partial charge in [0.1, 0.15) is 5.52 Å². The van der Waals surface area contributed by atoms with Crippen LogP contribution in [0.2, 0.25) is 0 Å². The predicted molar refractivity (Wildman–Crippen MR) is 75.4 cm³/mol. The van der Waals surface area contributed by atoms with Gasteiger partial charge < -0.3 is 0 Å². The molecule has 1 aromatic heterocycles. The second kappa shape index (κ2) is 5.56. The van der Waals surface area contributed by atoms with Crippen molar-refractivity contribution < 1.29 is 12.6 Å². The largest absolute Gasteiger partial charge is 0.270 e. The minimum Gasteiger partial charge on any atom is -0.270 e. The van der Waals surface area contributed by atoms with E-state index in [1.165, 1.54) is 0 Å². The minimum absolute atomic E-state index is 0.149. The van der Waals surface area contributed by atoms with Gasteiger partial charge in [0.15, 0.2) is 0 Å². The van der Waals surface area contributed by atoms with Gasteiger partial charge in [-0.2, -0.15) is 8.42 Å². The van der Waals surface area contributed by atoms with Gasteiger partial charge in [-0.15, -0.1) is 5.10 Å². The highest BCUT2D eigenvalue weighted by molar-refractivity contribution is 9.10. The minimum atomic E-state index is -3.37. The molecule has 0 aliphatic rings. The van der Waals surface area contributed by atoms with E-state index >= 15 is 0 Å². The Morgan fingerprint density at radius 3 is 2.84 bits per heavy atom. The van der Waals surface area contributed by atoms with Crippen molar-refractivity contribution >= 4 is 37.1 Å². The van der Waals surface area contributed by atoms with Gasteiger partial charge in [0.25, 0.3) is 10.1 Å². The molecule has 0 N–H and O–H groups in total. The summed E-state index contributed by atoms with van der Waals surface area (Å²) in [4.78, 5) is 0. The second-order valence-corrected chi connectivity index (χ2v) is 6.73. The molecule has 0 unspecified atom stereocenters. The summed E-state index contributed by atoms with van der Waals surface area (Å²) in [5, 5.41) is 8.20. The van der Waals surface area contributed by atoms with Crippen LogP contribution < -0.4 is 0 Å². The Hall–Kier alpha value is -0.990. The molecule has 0 aliphatic heterocycles. The summed E-state index contributed by atoms with van der Waals surface area (Å²) in [7, 11) is -3.37. The first kappa shape index (κ1) is 14.4. The van der Waals surface area contributed by atoms with E-state index in [0.29, 0.717) is 13.0 Å². The monoisotopic (exact) mass is 347 g/mol. The third kappa shape index (κ3) is 3.52. The summed E-state index contributed by atoms with van der Waals surface area (Å²) < 4.78 is 29.1. The van der Waals surface area contributed by atoms with Gasteiger partial charge in [0, 0.05) is 11.0 Å². The van der Waals surface area contributed by atoms with Crippen LogP contribution >= 0.6 is 15.9 Å². The van der Waals surface area contributed by atoms with E-state index in [0.717, 1.165) is 27.3 Å². The molecule has 2 rings (SSSR count). The van der Waals surface area contributed by atoms with Gasteiger partial charge in [0.05, 0.1) is 18.4 Å². The van der Waals surface area contributed by atoms with Crippen LogP contribution in [0.5, 0.6) is 0 Å². The fraction of sp³-hybridized carbons (Fsp3) is 0.455. The predicted octanol–water partition coefficient (Wildman–Crippen LogP) is 1.87. The van der Waals surface area contributed by atoms with Gasteiger partial charge in [0.2, 0.25) is 0 Å². The highest BCUT2D eigenvalue weighted by atomic mass is 79.9. The van der Waals surface area contributed by atoms with Crippen LogP contribution in [0.4, 0.5) is 0 Å². The number of aromatic nitrogens is 3. The number of halogens is 1. The van der Waals surface area contributed by atoms with E-state index in [1.807, 2.05) is 19.1 Å². The zero-order valence-electron chi connectivity index (χ0n) is 10.6. The van der Waals surface area contributed by atoms with Crippen LogP contribution in [0.1, 0.15) is 12.0 Å². The molecule has 19 heavy (non-hydrogen) atoms. The molecule has 0 saturated carbocycles. The Morgan fingerprint density at radius 2 is 2.16 bits per heavy atom. The molecular formula is C11H14BrN3O3S. The van der Waals surface area contributed by atoms with Crippen molar-refractivity contribution in [1.82, 2.24) is 15.0 Å². The van der Waals surface area contributed by atoms with E-state index in [-0.39, 0.29) is 6.61 Å². The maximum atomic E-state index is 10.8. The number of benzene rings is 1. The summed E-state index contributed by atoms with van der Waals surface area (Å²) in [6.07, 6.45) is 1.60. The quantitative estimate of drug-likeness (QED) is 0.609. The summed E-state index contributed by atoms with van der Waals surface area (Å²) in [6.45, 7) is 2.68. The summed E-state index contributed by atoms with van der Waals surface area (Å²) in [6, 6.07) is 3.88. The van der Waals surface area contributed by atoms with Crippen molar-refractivity contribution in [2.75, 3.05) is 12.9 Å². The molecule has 2 aromatic rings. The Kier molecular flexibility index (Phi) is 4.22. The van der Waals surface area contributed by atoms with E-state index in [9.17, 15) is 8.42 Å². The first-order chi connectivity index (χ1) is 8.88. The Bertz CT molecular complexity index is 697. The molecule has 0 aliphatic carbocycles. The molecule has 0 bridgehead atoms. The first-order valence-electron chi connectivity index (χ1n) is 5.71. The molecule has 0 saturated heterocycles. The van der Waals surface area contributed by atoms with Crippen molar-refractivity contribution in [3.63, 3.8) is 0 Å². The average molecular weight is 348 g/mol. The number of rotatable bonds is 5. The number of aryl methyl sites for hydroxylation is 2. The molecule has 0 fully saturated rings. The van der Waals surface area contributed by atoms with Crippen LogP contribution in [0.25, 0.3) is 11.0 Å². The summed E-state index contributed by atoms with van der Waals surface area (Å²) >= 11 is 3.45. The van der Waals surface area contributed by atoms with Crippen molar-refractivity contribution in [1.29, 1.82) is 0 Å². The van der Waals surface area contributed by atoms with Gasteiger partial charge in [-0.3, -0.25) is 4.18 Å². The van der Waals surface area contributed by atoms with Gasteiger partial charge >= 0.3 is 0 Å². The molecule has 0 amide bonds. The van der Waals surface area contributed by atoms with Crippen LogP contribution in [-0.4, -0.2) is 36.3 Å². The van der Waals surface area contributed by atoms with Crippen molar-refractivity contribution in [3.05, 3.63) is 22.2 Å². The van der Waals surface area contributed by atoms with Crippen molar-refractivity contribution in [2.24, 2.45) is 0 Å². The normalized spacial score (nSPS) is 12.2. The van der Waals surface area contributed by atoms with Gasteiger partial charge in [-0.05, 0) is 31.0 Å². The van der Waals surface area contributed by atoms with Crippen LogP contribution in [0.3, 0.4) is 0 Å². The van der Waals surface area contributed by atoms with Crippen molar-refractivity contribution in [2.45, 2.75) is 19.9 Å². The smallest absolute Gasteiger partial charge is 0.264 e. The third-order valence-electron chi connectivity index (χ3n) is 2.69. The fourth-order valence-corrected chi connectivity index (χ4v) is 2.47. The molecular weight excluding hydrogens is 334 g/mol. The number of nitrogens with zero attached hydrogens (tertiary/aromatic N) is 3. The van der Waals surface area contributed by atoms with E-state index in [4.69, 9.17) is 0 Å². The van der Waals surface area contributed by atoms with E-state index in [1.54, 1.807) is 4.68 Å². The maximum Gasteiger partial charge on any atom is 0.264 e. The molecule has 104 valence electrons. The van der Waals surface area contributed by atoms with Crippen LogP contribution in [0, 0.1) is 6.92 Å². The Balaban J connectivity index is 2.08. The highest BCUT2D eigenvalue weighted by Crippen LogP contribution is 2.23. The first-order valence-corrected chi connectivity index (χ1v) is 8.32. The van der Waals surface area contributed by atoms with Crippen LogP contribution in [0.15, 0.2) is 16.6 Å². The number of hydrogen-bond acceptors (Lipinski definition) is 5. The zero-order valence-corrected chi connectivity index (χ0v) is 13.0. The molecule has 0 atom stereocenters. The zero-order chi connectivity index (χ0) is 14.0. The van der Waals surface area contributed by atoms with Crippen molar-refractivity contribution in [3.8, 4) is 0 Å². The second-order valence-electron chi connectivity index (χ2n) is 4.23. The molecule has 1 aromatic carbocycles. The lowest BCUT2D eigenvalue weighted by atomic mass is 10.2. The van der Waals surface area contributed by atoms with E-state index < -0.39 is 10.1 Å².